The van der Waals surface area contributed by atoms with Crippen LogP contribution in [0.15, 0.2) is 0 Å². The third-order valence-corrected chi connectivity index (χ3v) is 1.53. The van der Waals surface area contributed by atoms with Crippen molar-refractivity contribution < 1.29 is 39.9 Å². The van der Waals surface area contributed by atoms with Crippen molar-refractivity contribution >= 4 is 5.78 Å². The minimum atomic E-state index is -6.43. The summed E-state index contributed by atoms with van der Waals surface area (Å²) in [5.41, 5.74) is 0. The molecule has 0 radical (unpaired) electrons. The summed E-state index contributed by atoms with van der Waals surface area (Å²) in [6, 6.07) is 0. The monoisotopic (exact) mass is 244 g/mol. The summed E-state index contributed by atoms with van der Waals surface area (Å²) < 4.78 is 96.0. The van der Waals surface area contributed by atoms with Crippen molar-refractivity contribution in [2.24, 2.45) is 0 Å². The highest BCUT2D eigenvalue weighted by molar-refractivity contribution is 5.84. The zero-order chi connectivity index (χ0) is 12.7. The number of hydrogen-bond donors (Lipinski definition) is 0. The highest BCUT2D eigenvalue weighted by atomic mass is 19.4. The number of halogens is 8. The van der Waals surface area contributed by atoms with Gasteiger partial charge in [-0.1, -0.05) is 0 Å². The summed E-state index contributed by atoms with van der Waals surface area (Å²) in [5, 5.41) is 0. The predicted octanol–water partition coefficient (Wildman–Crippen LogP) is 2.75. The molecular weight excluding hydrogens is 240 g/mol. The second kappa shape index (κ2) is 3.60. The van der Waals surface area contributed by atoms with Crippen LogP contribution in [0.25, 0.3) is 0 Å². The van der Waals surface area contributed by atoms with Gasteiger partial charge in [0.15, 0.2) is 0 Å². The molecule has 0 amide bonds. The Hall–Kier alpha value is -0.890. The van der Waals surface area contributed by atoms with Crippen molar-refractivity contribution in [3.8, 4) is 0 Å². The zero-order valence-corrected chi connectivity index (χ0v) is 7.01. The number of carbonyl (C=O) groups excluding carboxylic acids is 1. The molecule has 0 aliphatic carbocycles. The summed E-state index contributed by atoms with van der Waals surface area (Å²) in [6.45, 7) is -0.102. The molecule has 0 N–H and O–H groups in total. The lowest BCUT2D eigenvalue weighted by Crippen LogP contribution is -2.60. The summed E-state index contributed by atoms with van der Waals surface area (Å²) in [6.07, 6.45) is -5.00. The van der Waals surface area contributed by atoms with Gasteiger partial charge in [-0.25, -0.2) is 8.78 Å². The van der Waals surface area contributed by atoms with Gasteiger partial charge in [0.1, 0.15) is 0 Å². The predicted molar refractivity (Wildman–Crippen MR) is 31.5 cm³/mol. The maximum absolute atomic E-state index is 12.3. The van der Waals surface area contributed by atoms with Gasteiger partial charge in [0.25, 0.3) is 0 Å². The van der Waals surface area contributed by atoms with E-state index in [-0.39, 0.29) is 6.92 Å². The molecule has 0 spiro atoms. The standard InChI is InChI=1S/C6H4F8O/c1-2(15)4(9,10)6(13,14)5(11,12)3(7)8/h3H,1H3. The van der Waals surface area contributed by atoms with Crippen LogP contribution in [0, 0.1) is 0 Å². The molecule has 0 saturated heterocycles. The number of hydrogen-bond acceptors (Lipinski definition) is 1. The van der Waals surface area contributed by atoms with Crippen LogP contribution in [0.3, 0.4) is 0 Å². The molecule has 0 heterocycles. The molecule has 0 fully saturated rings. The topological polar surface area (TPSA) is 17.1 Å². The van der Waals surface area contributed by atoms with Gasteiger partial charge in [0.05, 0.1) is 0 Å². The molecule has 0 bridgehead atoms. The molecule has 0 atom stereocenters. The number of Topliss-reactive ketones (excluding diaryl/α,β-unsaturated/α-hetero) is 1. The van der Waals surface area contributed by atoms with Crippen LogP contribution >= 0.6 is 0 Å². The van der Waals surface area contributed by atoms with Crippen LogP contribution in [-0.4, -0.2) is 30.0 Å². The molecule has 0 aliphatic rings. The van der Waals surface area contributed by atoms with Crippen LogP contribution in [0.1, 0.15) is 6.92 Å². The van der Waals surface area contributed by atoms with E-state index in [0.29, 0.717) is 0 Å². The van der Waals surface area contributed by atoms with E-state index in [1.807, 2.05) is 0 Å². The number of rotatable bonds is 4. The first-order valence-electron chi connectivity index (χ1n) is 3.31. The molecule has 90 valence electrons. The molecular formula is C6H4F8O. The lowest BCUT2D eigenvalue weighted by Gasteiger charge is -2.30. The molecule has 0 aliphatic heterocycles. The Bertz CT molecular complexity index is 258. The fourth-order valence-corrected chi connectivity index (χ4v) is 0.567. The first kappa shape index (κ1) is 14.1. The van der Waals surface area contributed by atoms with Crippen molar-refractivity contribution in [3.63, 3.8) is 0 Å². The lowest BCUT2D eigenvalue weighted by molar-refractivity contribution is -0.326. The molecule has 9 heteroatoms. The van der Waals surface area contributed by atoms with E-state index < -0.39 is 30.0 Å². The Morgan fingerprint density at radius 3 is 1.53 bits per heavy atom. The second-order valence-electron chi connectivity index (χ2n) is 2.63. The molecule has 0 rings (SSSR count). The third kappa shape index (κ3) is 1.91. The minimum absolute atomic E-state index is 0.102. The third-order valence-electron chi connectivity index (χ3n) is 1.53. The maximum atomic E-state index is 12.3. The Labute approximate surface area is 78.0 Å². The van der Waals surface area contributed by atoms with Crippen LogP contribution in [0.5, 0.6) is 0 Å². The van der Waals surface area contributed by atoms with Gasteiger partial charge in [0.2, 0.25) is 5.78 Å². The van der Waals surface area contributed by atoms with Crippen LogP contribution in [0.2, 0.25) is 0 Å². The van der Waals surface area contributed by atoms with Gasteiger partial charge in [0, 0.05) is 6.92 Å². The lowest BCUT2D eigenvalue weighted by atomic mass is 10.0. The highest BCUT2D eigenvalue weighted by Crippen LogP contribution is 2.48. The van der Waals surface area contributed by atoms with E-state index >= 15 is 0 Å². The minimum Gasteiger partial charge on any atom is -0.293 e. The van der Waals surface area contributed by atoms with Crippen LogP contribution < -0.4 is 0 Å². The van der Waals surface area contributed by atoms with Crippen LogP contribution in [0.4, 0.5) is 35.1 Å². The summed E-state index contributed by atoms with van der Waals surface area (Å²) in [4.78, 5) is 9.97. The molecule has 15 heavy (non-hydrogen) atoms. The molecule has 0 aromatic rings. The molecule has 0 saturated carbocycles. The molecule has 1 nitrogen and oxygen atoms in total. The van der Waals surface area contributed by atoms with Crippen molar-refractivity contribution in [1.82, 2.24) is 0 Å². The average molecular weight is 244 g/mol. The van der Waals surface area contributed by atoms with E-state index in [1.54, 1.807) is 0 Å². The quantitative estimate of drug-likeness (QED) is 0.695. The molecule has 0 aromatic heterocycles. The van der Waals surface area contributed by atoms with E-state index in [4.69, 9.17) is 0 Å². The smallest absolute Gasteiger partial charge is 0.293 e. The van der Waals surface area contributed by atoms with Crippen molar-refractivity contribution in [2.45, 2.75) is 31.1 Å². The van der Waals surface area contributed by atoms with Gasteiger partial charge in [-0.3, -0.25) is 4.79 Å². The zero-order valence-electron chi connectivity index (χ0n) is 7.01. The van der Waals surface area contributed by atoms with Crippen LogP contribution in [-0.2, 0) is 4.79 Å². The fourth-order valence-electron chi connectivity index (χ4n) is 0.567. The molecule has 0 aromatic carbocycles. The van der Waals surface area contributed by atoms with Gasteiger partial charge in [-0.2, -0.15) is 26.3 Å². The first-order chi connectivity index (χ1) is 6.39. The SMILES string of the molecule is CC(=O)C(F)(F)C(F)(F)C(F)(F)C(F)F. The number of ketones is 1. The fraction of sp³-hybridized carbons (Fsp3) is 0.833. The Kier molecular flexibility index (Phi) is 3.39. The van der Waals surface area contributed by atoms with E-state index in [9.17, 15) is 39.9 Å². The summed E-state index contributed by atoms with van der Waals surface area (Å²) in [5.74, 6) is -21.2. The first-order valence-corrected chi connectivity index (χ1v) is 3.31. The van der Waals surface area contributed by atoms with Crippen molar-refractivity contribution in [1.29, 1.82) is 0 Å². The van der Waals surface area contributed by atoms with Crippen molar-refractivity contribution in [2.75, 3.05) is 0 Å². The number of carbonyl (C=O) groups is 1. The summed E-state index contributed by atoms with van der Waals surface area (Å²) in [7, 11) is 0. The average Bonchev–Trinajstić information content (AvgIpc) is 2.02. The highest BCUT2D eigenvalue weighted by Gasteiger charge is 2.77. The van der Waals surface area contributed by atoms with E-state index in [2.05, 4.69) is 0 Å². The maximum Gasteiger partial charge on any atom is 0.385 e. The molecule has 0 unspecified atom stereocenters. The van der Waals surface area contributed by atoms with E-state index in [0.717, 1.165) is 0 Å². The largest absolute Gasteiger partial charge is 0.385 e. The summed E-state index contributed by atoms with van der Waals surface area (Å²) >= 11 is 0. The van der Waals surface area contributed by atoms with Gasteiger partial charge < -0.3 is 0 Å². The van der Waals surface area contributed by atoms with Crippen molar-refractivity contribution in [3.05, 3.63) is 0 Å². The van der Waals surface area contributed by atoms with Gasteiger partial charge >= 0.3 is 24.2 Å². The Morgan fingerprint density at radius 1 is 1.00 bits per heavy atom. The van der Waals surface area contributed by atoms with Gasteiger partial charge in [-0.05, 0) is 0 Å². The van der Waals surface area contributed by atoms with Gasteiger partial charge in [-0.15, -0.1) is 0 Å². The Balaban J connectivity index is 5.40. The second-order valence-corrected chi connectivity index (χ2v) is 2.63. The van der Waals surface area contributed by atoms with E-state index in [1.165, 1.54) is 0 Å². The number of alkyl halides is 8. The normalized spacial score (nSPS) is 14.5. The Morgan fingerprint density at radius 2 is 1.33 bits per heavy atom.